The van der Waals surface area contributed by atoms with Crippen LogP contribution in [0.4, 0.5) is 0 Å². The van der Waals surface area contributed by atoms with E-state index >= 15 is 0 Å². The number of benzene rings is 1. The fourth-order valence-electron chi connectivity index (χ4n) is 1.77. The Labute approximate surface area is 87.7 Å². The summed E-state index contributed by atoms with van der Waals surface area (Å²) >= 11 is 0. The Hall–Kier alpha value is -0.940. The standard InChI is InChI=1S/C11H14O4/c12-8-6-9(13)15-11(10(8)14)7-4-2-1-3-5-7/h1-5,8-14H,6H2/t8-,9?,10-,11+/m0/s1. The first-order valence-electron chi connectivity index (χ1n) is 4.93. The maximum absolute atomic E-state index is 9.72. The summed E-state index contributed by atoms with van der Waals surface area (Å²) in [5.41, 5.74) is 0.753. The lowest BCUT2D eigenvalue weighted by Crippen LogP contribution is -2.43. The van der Waals surface area contributed by atoms with Crippen LogP contribution in [0.3, 0.4) is 0 Å². The van der Waals surface area contributed by atoms with Crippen molar-refractivity contribution in [2.75, 3.05) is 0 Å². The van der Waals surface area contributed by atoms with Gasteiger partial charge in [0.25, 0.3) is 0 Å². The molecule has 82 valence electrons. The second-order valence-corrected chi connectivity index (χ2v) is 3.72. The van der Waals surface area contributed by atoms with Gasteiger partial charge in [-0.1, -0.05) is 30.3 Å². The normalized spacial score (nSPS) is 36.5. The van der Waals surface area contributed by atoms with E-state index < -0.39 is 24.6 Å². The van der Waals surface area contributed by atoms with Gasteiger partial charge >= 0.3 is 0 Å². The molecule has 15 heavy (non-hydrogen) atoms. The molecular formula is C11H14O4. The summed E-state index contributed by atoms with van der Waals surface area (Å²) in [6, 6.07) is 9.07. The number of hydrogen-bond acceptors (Lipinski definition) is 4. The van der Waals surface area contributed by atoms with Crippen LogP contribution in [0.1, 0.15) is 18.1 Å². The zero-order valence-corrected chi connectivity index (χ0v) is 8.15. The van der Waals surface area contributed by atoms with Gasteiger partial charge in [-0.3, -0.25) is 0 Å². The Morgan fingerprint density at radius 3 is 2.40 bits per heavy atom. The van der Waals surface area contributed by atoms with E-state index in [0.717, 1.165) is 5.56 Å². The van der Waals surface area contributed by atoms with Crippen molar-refractivity contribution in [3.8, 4) is 0 Å². The van der Waals surface area contributed by atoms with E-state index in [0.29, 0.717) is 0 Å². The first kappa shape index (κ1) is 10.6. The maximum Gasteiger partial charge on any atom is 0.158 e. The zero-order chi connectivity index (χ0) is 10.8. The lowest BCUT2D eigenvalue weighted by atomic mass is 9.96. The molecule has 1 aliphatic heterocycles. The average Bonchev–Trinajstić information content (AvgIpc) is 2.24. The van der Waals surface area contributed by atoms with Gasteiger partial charge in [-0.15, -0.1) is 0 Å². The van der Waals surface area contributed by atoms with Crippen molar-refractivity contribution in [2.24, 2.45) is 0 Å². The second kappa shape index (κ2) is 4.28. The lowest BCUT2D eigenvalue weighted by molar-refractivity contribution is -0.235. The van der Waals surface area contributed by atoms with Crippen molar-refractivity contribution in [1.82, 2.24) is 0 Å². The average molecular weight is 210 g/mol. The third-order valence-electron chi connectivity index (χ3n) is 2.58. The Bertz CT molecular complexity index is 314. The number of aliphatic hydroxyl groups is 3. The summed E-state index contributed by atoms with van der Waals surface area (Å²) in [5.74, 6) is 0. The molecule has 1 heterocycles. The van der Waals surface area contributed by atoms with E-state index in [1.807, 2.05) is 18.2 Å². The fourth-order valence-corrected chi connectivity index (χ4v) is 1.77. The fraction of sp³-hybridized carbons (Fsp3) is 0.455. The molecule has 0 radical (unpaired) electrons. The van der Waals surface area contributed by atoms with Crippen LogP contribution in [0.25, 0.3) is 0 Å². The quantitative estimate of drug-likeness (QED) is 0.618. The topological polar surface area (TPSA) is 69.9 Å². The molecule has 3 N–H and O–H groups in total. The Morgan fingerprint density at radius 2 is 1.73 bits per heavy atom. The minimum absolute atomic E-state index is 0.0461. The molecule has 1 saturated heterocycles. The lowest BCUT2D eigenvalue weighted by Gasteiger charge is -2.35. The molecule has 1 unspecified atom stereocenters. The van der Waals surface area contributed by atoms with Crippen LogP contribution in [0.5, 0.6) is 0 Å². The van der Waals surface area contributed by atoms with Crippen LogP contribution in [-0.4, -0.2) is 33.8 Å². The van der Waals surface area contributed by atoms with Gasteiger partial charge < -0.3 is 20.1 Å². The Balaban J connectivity index is 2.20. The number of ether oxygens (including phenoxy) is 1. The maximum atomic E-state index is 9.72. The smallest absolute Gasteiger partial charge is 0.158 e. The molecule has 0 aromatic heterocycles. The molecule has 4 heteroatoms. The highest BCUT2D eigenvalue weighted by Crippen LogP contribution is 2.30. The largest absolute Gasteiger partial charge is 0.390 e. The minimum atomic E-state index is -1.02. The van der Waals surface area contributed by atoms with Crippen LogP contribution >= 0.6 is 0 Å². The van der Waals surface area contributed by atoms with Crippen molar-refractivity contribution < 1.29 is 20.1 Å². The Morgan fingerprint density at radius 1 is 1.07 bits per heavy atom. The molecule has 1 aromatic carbocycles. The highest BCUT2D eigenvalue weighted by molar-refractivity contribution is 5.19. The molecule has 1 aromatic rings. The predicted molar refractivity (Wildman–Crippen MR) is 52.9 cm³/mol. The van der Waals surface area contributed by atoms with E-state index in [1.165, 1.54) is 0 Å². The second-order valence-electron chi connectivity index (χ2n) is 3.72. The predicted octanol–water partition coefficient (Wildman–Crippen LogP) is 0.188. The molecule has 1 aliphatic rings. The van der Waals surface area contributed by atoms with E-state index in [9.17, 15) is 15.3 Å². The van der Waals surface area contributed by atoms with E-state index in [-0.39, 0.29) is 6.42 Å². The molecule has 1 fully saturated rings. The van der Waals surface area contributed by atoms with Gasteiger partial charge in [0.2, 0.25) is 0 Å². The van der Waals surface area contributed by atoms with Crippen molar-refractivity contribution in [3.05, 3.63) is 35.9 Å². The van der Waals surface area contributed by atoms with Gasteiger partial charge in [-0.05, 0) is 5.56 Å². The van der Waals surface area contributed by atoms with Crippen molar-refractivity contribution in [2.45, 2.75) is 31.0 Å². The van der Waals surface area contributed by atoms with Crippen LogP contribution in [0.15, 0.2) is 30.3 Å². The first-order valence-corrected chi connectivity index (χ1v) is 4.93. The van der Waals surface area contributed by atoms with E-state index in [1.54, 1.807) is 12.1 Å². The summed E-state index contributed by atoms with van der Waals surface area (Å²) in [7, 11) is 0. The Kier molecular flexibility index (Phi) is 3.02. The summed E-state index contributed by atoms with van der Waals surface area (Å²) < 4.78 is 5.20. The third kappa shape index (κ3) is 2.18. The summed E-state index contributed by atoms with van der Waals surface area (Å²) in [6.45, 7) is 0. The van der Waals surface area contributed by atoms with Gasteiger partial charge in [-0.2, -0.15) is 0 Å². The number of hydrogen-bond donors (Lipinski definition) is 3. The molecule has 0 saturated carbocycles. The molecule has 4 atom stereocenters. The van der Waals surface area contributed by atoms with Crippen molar-refractivity contribution in [3.63, 3.8) is 0 Å². The van der Waals surface area contributed by atoms with Crippen LogP contribution < -0.4 is 0 Å². The molecule has 0 bridgehead atoms. The molecule has 4 nitrogen and oxygen atoms in total. The highest BCUT2D eigenvalue weighted by Gasteiger charge is 2.36. The minimum Gasteiger partial charge on any atom is -0.390 e. The summed E-state index contributed by atoms with van der Waals surface area (Å²) in [4.78, 5) is 0. The monoisotopic (exact) mass is 210 g/mol. The van der Waals surface area contributed by atoms with Crippen molar-refractivity contribution >= 4 is 0 Å². The van der Waals surface area contributed by atoms with Crippen LogP contribution in [0.2, 0.25) is 0 Å². The van der Waals surface area contributed by atoms with Gasteiger partial charge in [0.15, 0.2) is 6.29 Å². The van der Waals surface area contributed by atoms with Gasteiger partial charge in [0.1, 0.15) is 12.2 Å². The van der Waals surface area contributed by atoms with Crippen LogP contribution in [0, 0.1) is 0 Å². The van der Waals surface area contributed by atoms with E-state index in [4.69, 9.17) is 4.74 Å². The van der Waals surface area contributed by atoms with Crippen LogP contribution in [-0.2, 0) is 4.74 Å². The summed E-state index contributed by atoms with van der Waals surface area (Å²) in [5, 5.41) is 28.5. The number of aliphatic hydroxyl groups excluding tert-OH is 3. The summed E-state index contributed by atoms with van der Waals surface area (Å²) in [6.07, 6.45) is -3.57. The zero-order valence-electron chi connectivity index (χ0n) is 8.15. The highest BCUT2D eigenvalue weighted by atomic mass is 16.6. The number of rotatable bonds is 1. The SMILES string of the molecule is OC1C[C@H](O)[C@H](O)[C@@H](c2ccccc2)O1. The first-order chi connectivity index (χ1) is 7.18. The van der Waals surface area contributed by atoms with E-state index in [2.05, 4.69) is 0 Å². The van der Waals surface area contributed by atoms with Gasteiger partial charge in [0, 0.05) is 6.42 Å². The van der Waals surface area contributed by atoms with Crippen molar-refractivity contribution in [1.29, 1.82) is 0 Å². The van der Waals surface area contributed by atoms with Gasteiger partial charge in [0.05, 0.1) is 6.10 Å². The molecule has 2 rings (SSSR count). The molecular weight excluding hydrogens is 196 g/mol. The molecule has 0 spiro atoms. The molecule has 0 aliphatic carbocycles. The molecule has 0 amide bonds. The third-order valence-corrected chi connectivity index (χ3v) is 2.58. The van der Waals surface area contributed by atoms with Gasteiger partial charge in [-0.25, -0.2) is 0 Å².